The molecule has 0 saturated carbocycles. The van der Waals surface area contributed by atoms with Gasteiger partial charge >= 0.3 is 5.97 Å². The van der Waals surface area contributed by atoms with Crippen molar-refractivity contribution in [2.75, 3.05) is 6.61 Å². The first-order valence-electron chi connectivity index (χ1n) is 12.2. The van der Waals surface area contributed by atoms with Crippen molar-refractivity contribution in [3.05, 3.63) is 106 Å². The topological polar surface area (TPSA) is 55.4 Å². The van der Waals surface area contributed by atoms with Crippen molar-refractivity contribution in [3.8, 4) is 0 Å². The van der Waals surface area contributed by atoms with Gasteiger partial charge in [0.2, 0.25) is 0 Å². The van der Waals surface area contributed by atoms with Gasteiger partial charge in [-0.3, -0.25) is 4.79 Å². The smallest absolute Gasteiger partial charge is 0.338 e. The SMILES string of the molecule is CCOC(=O)c1ccc(C(c2ccc(CC)cc2)C(C(=O)NF)c2ccc(CC(C)C)cc2)cc1. The molecule has 3 rings (SSSR count). The number of ether oxygens (including phenoxy) is 1. The molecule has 3 aromatic carbocycles. The van der Waals surface area contributed by atoms with E-state index in [1.54, 1.807) is 19.1 Å². The van der Waals surface area contributed by atoms with Crippen molar-refractivity contribution in [2.45, 2.75) is 52.4 Å². The molecule has 0 aliphatic heterocycles. The summed E-state index contributed by atoms with van der Waals surface area (Å²) in [6.07, 6.45) is 1.82. The number of carbonyl (C=O) groups excluding carboxylic acids is 2. The molecule has 2 atom stereocenters. The van der Waals surface area contributed by atoms with Crippen LogP contribution in [0.2, 0.25) is 0 Å². The largest absolute Gasteiger partial charge is 0.462 e. The fraction of sp³-hybridized carbons (Fsp3) is 0.333. The lowest BCUT2D eigenvalue weighted by molar-refractivity contribution is -0.127. The van der Waals surface area contributed by atoms with Gasteiger partial charge in [-0.15, -0.1) is 4.48 Å². The molecule has 0 saturated heterocycles. The molecular weight excluding hydrogens is 441 g/mol. The summed E-state index contributed by atoms with van der Waals surface area (Å²) in [6.45, 7) is 8.44. The highest BCUT2D eigenvalue weighted by molar-refractivity contribution is 5.89. The minimum absolute atomic E-state index is 0.290. The Balaban J connectivity index is 2.10. The summed E-state index contributed by atoms with van der Waals surface area (Å²) in [4.78, 5) is 25.1. The van der Waals surface area contributed by atoms with Crippen LogP contribution >= 0.6 is 0 Å². The maximum atomic E-state index is 13.7. The molecule has 0 aromatic heterocycles. The van der Waals surface area contributed by atoms with Crippen molar-refractivity contribution in [1.29, 1.82) is 0 Å². The molecule has 0 aliphatic rings. The first-order valence-corrected chi connectivity index (χ1v) is 12.2. The van der Waals surface area contributed by atoms with Crippen LogP contribution in [0.1, 0.15) is 77.7 Å². The van der Waals surface area contributed by atoms with Crippen LogP contribution in [0.25, 0.3) is 0 Å². The average molecular weight is 476 g/mol. The molecule has 0 fully saturated rings. The summed E-state index contributed by atoms with van der Waals surface area (Å²) in [7, 11) is 0. The minimum Gasteiger partial charge on any atom is -0.462 e. The van der Waals surface area contributed by atoms with Gasteiger partial charge in [-0.05, 0) is 65.6 Å². The van der Waals surface area contributed by atoms with Crippen LogP contribution in [-0.4, -0.2) is 18.5 Å². The van der Waals surface area contributed by atoms with Gasteiger partial charge in [0.05, 0.1) is 18.1 Å². The molecule has 1 amide bonds. The van der Waals surface area contributed by atoms with E-state index in [0.29, 0.717) is 18.1 Å². The highest BCUT2D eigenvalue weighted by Crippen LogP contribution is 2.39. The second-order valence-electron chi connectivity index (χ2n) is 9.19. The van der Waals surface area contributed by atoms with Gasteiger partial charge in [-0.2, -0.15) is 5.54 Å². The Labute approximate surface area is 207 Å². The fourth-order valence-electron chi connectivity index (χ4n) is 4.47. The maximum absolute atomic E-state index is 13.7. The normalized spacial score (nSPS) is 12.7. The highest BCUT2D eigenvalue weighted by atomic mass is 19.2. The van der Waals surface area contributed by atoms with Crippen LogP contribution in [0.15, 0.2) is 72.8 Å². The van der Waals surface area contributed by atoms with Crippen molar-refractivity contribution in [2.24, 2.45) is 5.92 Å². The van der Waals surface area contributed by atoms with Gasteiger partial charge in [0.25, 0.3) is 5.91 Å². The zero-order valence-corrected chi connectivity index (χ0v) is 20.9. The van der Waals surface area contributed by atoms with Gasteiger partial charge in [0.1, 0.15) is 0 Å². The van der Waals surface area contributed by atoms with E-state index >= 15 is 0 Å². The van der Waals surface area contributed by atoms with Gasteiger partial charge in [-0.1, -0.05) is 81.4 Å². The summed E-state index contributed by atoms with van der Waals surface area (Å²) in [5, 5.41) is 0. The quantitative estimate of drug-likeness (QED) is 0.268. The van der Waals surface area contributed by atoms with E-state index in [4.69, 9.17) is 4.74 Å². The van der Waals surface area contributed by atoms with Crippen molar-refractivity contribution in [1.82, 2.24) is 5.54 Å². The first kappa shape index (κ1) is 26.1. The Morgan fingerprint density at radius 2 is 1.31 bits per heavy atom. The van der Waals surface area contributed by atoms with Crippen molar-refractivity contribution >= 4 is 11.9 Å². The second-order valence-corrected chi connectivity index (χ2v) is 9.19. The lowest BCUT2D eigenvalue weighted by Gasteiger charge is -2.27. The molecule has 0 spiro atoms. The molecule has 1 N–H and O–H groups in total. The summed E-state index contributed by atoms with van der Waals surface area (Å²) in [5.41, 5.74) is 6.60. The number of hydrogen-bond donors (Lipinski definition) is 1. The van der Waals surface area contributed by atoms with Crippen molar-refractivity contribution < 1.29 is 18.8 Å². The fourth-order valence-corrected chi connectivity index (χ4v) is 4.47. The number of halogens is 1. The monoisotopic (exact) mass is 475 g/mol. The van der Waals surface area contributed by atoms with E-state index in [0.717, 1.165) is 29.5 Å². The number of carbonyl (C=O) groups is 2. The van der Waals surface area contributed by atoms with Crippen LogP contribution < -0.4 is 5.54 Å². The molecule has 35 heavy (non-hydrogen) atoms. The van der Waals surface area contributed by atoms with E-state index in [1.165, 1.54) is 16.7 Å². The number of hydrogen-bond acceptors (Lipinski definition) is 3. The summed E-state index contributed by atoms with van der Waals surface area (Å²) < 4.78 is 18.8. The number of nitrogens with one attached hydrogen (secondary N) is 1. The molecule has 2 unspecified atom stereocenters. The maximum Gasteiger partial charge on any atom is 0.338 e. The third-order valence-electron chi connectivity index (χ3n) is 6.22. The summed E-state index contributed by atoms with van der Waals surface area (Å²) in [6, 6.07) is 22.9. The van der Waals surface area contributed by atoms with Crippen LogP contribution in [0.5, 0.6) is 0 Å². The molecule has 3 aromatic rings. The predicted molar refractivity (Wildman–Crippen MR) is 137 cm³/mol. The van der Waals surface area contributed by atoms with E-state index in [2.05, 4.69) is 20.8 Å². The number of amides is 1. The van der Waals surface area contributed by atoms with E-state index in [1.807, 2.05) is 60.7 Å². The molecule has 0 bridgehead atoms. The van der Waals surface area contributed by atoms with Gasteiger partial charge < -0.3 is 4.74 Å². The van der Waals surface area contributed by atoms with Crippen LogP contribution in [0.4, 0.5) is 4.48 Å². The Morgan fingerprint density at radius 3 is 1.80 bits per heavy atom. The molecule has 184 valence electrons. The number of rotatable bonds is 10. The van der Waals surface area contributed by atoms with E-state index in [9.17, 15) is 14.1 Å². The Bertz CT molecular complexity index is 1110. The molecule has 0 aliphatic carbocycles. The summed E-state index contributed by atoms with van der Waals surface area (Å²) >= 11 is 0. The summed E-state index contributed by atoms with van der Waals surface area (Å²) in [5.74, 6) is -1.85. The zero-order chi connectivity index (χ0) is 25.4. The van der Waals surface area contributed by atoms with Crippen molar-refractivity contribution in [3.63, 3.8) is 0 Å². The predicted octanol–water partition coefficient (Wildman–Crippen LogP) is 6.54. The number of esters is 1. The molecule has 0 radical (unpaired) electrons. The Morgan fingerprint density at radius 1 is 0.800 bits per heavy atom. The molecule has 4 nitrogen and oxygen atoms in total. The Kier molecular flexibility index (Phi) is 9.18. The van der Waals surface area contributed by atoms with E-state index in [-0.39, 0.29) is 0 Å². The lowest BCUT2D eigenvalue weighted by atomic mass is 9.76. The number of benzene rings is 3. The highest BCUT2D eigenvalue weighted by Gasteiger charge is 2.33. The second kappa shape index (κ2) is 12.3. The third-order valence-corrected chi connectivity index (χ3v) is 6.22. The zero-order valence-electron chi connectivity index (χ0n) is 20.9. The molecule has 0 heterocycles. The van der Waals surface area contributed by atoms with E-state index < -0.39 is 23.7 Å². The van der Waals surface area contributed by atoms with Crippen LogP contribution in [-0.2, 0) is 22.4 Å². The minimum atomic E-state index is -0.797. The van der Waals surface area contributed by atoms with Gasteiger partial charge in [0.15, 0.2) is 0 Å². The van der Waals surface area contributed by atoms with Gasteiger partial charge in [-0.25, -0.2) is 4.79 Å². The Hall–Kier alpha value is -3.47. The van der Waals surface area contributed by atoms with Crippen LogP contribution in [0, 0.1) is 5.92 Å². The average Bonchev–Trinajstić information content (AvgIpc) is 2.87. The molecular formula is C30H34FNO3. The standard InChI is InChI=1S/C30H34FNO3/c1-5-21-7-11-23(12-8-21)27(24-15-17-26(18-16-24)30(34)35-6-2)28(29(33)32-31)25-13-9-22(10-14-25)19-20(3)4/h7-18,20,27-28H,5-6,19H2,1-4H3,(H,32,33). The lowest BCUT2D eigenvalue weighted by Crippen LogP contribution is -2.29. The molecule has 5 heteroatoms. The van der Waals surface area contributed by atoms with Gasteiger partial charge in [0, 0.05) is 5.92 Å². The van der Waals surface area contributed by atoms with Crippen LogP contribution in [0.3, 0.4) is 0 Å². The third kappa shape index (κ3) is 6.56. The number of aryl methyl sites for hydroxylation is 1. The first-order chi connectivity index (χ1) is 16.9.